The lowest BCUT2D eigenvalue weighted by atomic mass is 10.1. The van der Waals surface area contributed by atoms with Crippen LogP contribution in [0.25, 0.3) is 0 Å². The third kappa shape index (κ3) is 1.70. The Hall–Kier alpha value is -1.72. The van der Waals surface area contributed by atoms with E-state index >= 15 is 0 Å². The lowest BCUT2D eigenvalue weighted by Gasteiger charge is -2.28. The number of aliphatic imine (C=N–C) groups is 1. The molecule has 1 aromatic rings. The quantitative estimate of drug-likeness (QED) is 0.329. The average Bonchev–Trinajstić information content (AvgIpc) is 2.94. The van der Waals surface area contributed by atoms with Crippen LogP contribution in [0.3, 0.4) is 0 Å². The first-order valence-electron chi connectivity index (χ1n) is 5.99. The fourth-order valence-electron chi connectivity index (χ4n) is 2.32. The molecule has 2 aliphatic heterocycles. The number of hydrogen-bond donors (Lipinski definition) is 6. The number of imidazole rings is 1. The second-order valence-corrected chi connectivity index (χ2v) is 4.67. The van der Waals surface area contributed by atoms with E-state index in [1.54, 1.807) is 0 Å². The molecule has 3 heterocycles. The van der Waals surface area contributed by atoms with Gasteiger partial charge in [0.2, 0.25) is 0 Å². The Morgan fingerprint density at radius 1 is 1.55 bits per heavy atom. The van der Waals surface area contributed by atoms with Gasteiger partial charge in [0.25, 0.3) is 5.91 Å². The summed E-state index contributed by atoms with van der Waals surface area (Å²) in [6, 6.07) is 0. The van der Waals surface area contributed by atoms with Crippen molar-refractivity contribution in [3.05, 3.63) is 12.0 Å². The Balaban J connectivity index is 2.04. The number of fused-ring (bicyclic) bond motifs is 1. The Labute approximate surface area is 113 Å². The lowest BCUT2D eigenvalue weighted by molar-refractivity contribution is -0.288. The summed E-state index contributed by atoms with van der Waals surface area (Å²) in [5.74, 6) is -1.92. The summed E-state index contributed by atoms with van der Waals surface area (Å²) in [6.45, 7) is -0.236. The third-order valence-corrected chi connectivity index (χ3v) is 3.42. The smallest absolute Gasteiger partial charge is 0.286 e. The molecule has 1 aromatic heterocycles. The van der Waals surface area contributed by atoms with Gasteiger partial charge in [-0.3, -0.25) is 4.57 Å². The molecule has 0 amide bonds. The Bertz CT molecular complexity index is 560. The minimum atomic E-state index is -2.27. The number of ether oxygens (including phenoxy) is 1. The van der Waals surface area contributed by atoms with Gasteiger partial charge in [-0.25, -0.2) is 4.98 Å². The van der Waals surface area contributed by atoms with E-state index in [1.165, 1.54) is 6.33 Å². The van der Waals surface area contributed by atoms with Crippen molar-refractivity contribution < 1.29 is 25.2 Å². The highest BCUT2D eigenvalue weighted by atomic mass is 16.7. The number of aromatic nitrogens is 2. The van der Waals surface area contributed by atoms with E-state index < -0.39 is 30.8 Å². The van der Waals surface area contributed by atoms with E-state index in [9.17, 15) is 15.3 Å². The number of nitrogens with one attached hydrogen (secondary N) is 1. The van der Waals surface area contributed by atoms with Crippen LogP contribution in [-0.2, 0) is 17.2 Å². The number of nitrogens with zero attached hydrogens (tertiary/aromatic N) is 3. The molecule has 1 saturated heterocycles. The van der Waals surface area contributed by atoms with E-state index in [1.807, 2.05) is 0 Å². The first-order chi connectivity index (χ1) is 9.47. The molecule has 4 atom stereocenters. The van der Waals surface area contributed by atoms with Crippen LogP contribution >= 0.6 is 0 Å². The molecular formula is C10H15N5O5. The molecule has 20 heavy (non-hydrogen) atoms. The topological polar surface area (TPSA) is 158 Å². The van der Waals surface area contributed by atoms with Crippen LogP contribution in [0.1, 0.15) is 5.69 Å². The molecule has 0 radical (unpaired) electrons. The summed E-state index contributed by atoms with van der Waals surface area (Å²) < 4.78 is 6.25. The molecule has 2 aliphatic rings. The SMILES string of the molecule is NC1=Nc2c(ncn2C2(O)O[C@H](CO)C(O)C2O)CN1. The molecule has 7 N–H and O–H groups in total. The molecule has 3 rings (SSSR count). The first kappa shape index (κ1) is 13.3. The summed E-state index contributed by atoms with van der Waals surface area (Å²) in [7, 11) is 0. The molecule has 0 saturated carbocycles. The minimum Gasteiger partial charge on any atom is -0.394 e. The maximum Gasteiger partial charge on any atom is 0.286 e. The van der Waals surface area contributed by atoms with Crippen LogP contribution in [0.4, 0.5) is 5.82 Å². The fraction of sp³-hybridized carbons (Fsp3) is 0.600. The predicted octanol–water partition coefficient (Wildman–Crippen LogP) is -3.35. The zero-order valence-corrected chi connectivity index (χ0v) is 10.3. The van der Waals surface area contributed by atoms with Crippen molar-refractivity contribution in [3.8, 4) is 0 Å². The van der Waals surface area contributed by atoms with Crippen molar-refractivity contribution in [2.24, 2.45) is 10.7 Å². The van der Waals surface area contributed by atoms with E-state index in [0.29, 0.717) is 12.2 Å². The molecule has 0 aliphatic carbocycles. The van der Waals surface area contributed by atoms with Crippen LogP contribution in [0.2, 0.25) is 0 Å². The highest BCUT2D eigenvalue weighted by Crippen LogP contribution is 2.37. The maximum absolute atomic E-state index is 10.5. The fourth-order valence-corrected chi connectivity index (χ4v) is 2.32. The molecule has 1 fully saturated rings. The Morgan fingerprint density at radius 3 is 2.95 bits per heavy atom. The zero-order valence-electron chi connectivity index (χ0n) is 10.3. The molecule has 3 unspecified atom stereocenters. The molecule has 110 valence electrons. The second-order valence-electron chi connectivity index (χ2n) is 4.67. The molecule has 0 spiro atoms. The first-order valence-corrected chi connectivity index (χ1v) is 5.99. The number of rotatable bonds is 2. The van der Waals surface area contributed by atoms with Gasteiger partial charge in [0.15, 0.2) is 17.9 Å². The molecule has 10 heteroatoms. The summed E-state index contributed by atoms with van der Waals surface area (Å²) in [4.78, 5) is 8.03. The van der Waals surface area contributed by atoms with Gasteiger partial charge >= 0.3 is 0 Å². The largest absolute Gasteiger partial charge is 0.394 e. The monoisotopic (exact) mass is 285 g/mol. The summed E-state index contributed by atoms with van der Waals surface area (Å²) in [6.07, 6.45) is -2.99. The van der Waals surface area contributed by atoms with Gasteiger partial charge in [-0.15, -0.1) is 0 Å². The molecular weight excluding hydrogens is 270 g/mol. The van der Waals surface area contributed by atoms with Crippen LogP contribution in [-0.4, -0.2) is 60.9 Å². The van der Waals surface area contributed by atoms with Gasteiger partial charge in [0.05, 0.1) is 13.2 Å². The van der Waals surface area contributed by atoms with Crippen molar-refractivity contribution in [2.75, 3.05) is 6.61 Å². The van der Waals surface area contributed by atoms with E-state index in [4.69, 9.17) is 15.6 Å². The van der Waals surface area contributed by atoms with Crippen LogP contribution in [0.15, 0.2) is 11.3 Å². The van der Waals surface area contributed by atoms with Crippen LogP contribution < -0.4 is 11.1 Å². The van der Waals surface area contributed by atoms with Crippen LogP contribution in [0, 0.1) is 0 Å². The standard InChI is InChI=1S/C10H15N5O5/c11-9-12-1-4-8(14-9)15(3-13-4)10(19)7(18)6(17)5(2-16)20-10/h3,5-7,16-19H,1-2H2,(H3,11,12,14)/t5-,6?,7?,10?/m1/s1. The van der Waals surface area contributed by atoms with E-state index in [2.05, 4.69) is 15.3 Å². The lowest BCUT2D eigenvalue weighted by Crippen LogP contribution is -2.45. The molecule has 0 bridgehead atoms. The van der Waals surface area contributed by atoms with Gasteiger partial charge in [-0.1, -0.05) is 0 Å². The van der Waals surface area contributed by atoms with Gasteiger partial charge in [0, 0.05) is 0 Å². The summed E-state index contributed by atoms with van der Waals surface area (Å²) in [5, 5.41) is 42.1. The van der Waals surface area contributed by atoms with Crippen molar-refractivity contribution in [1.82, 2.24) is 14.9 Å². The zero-order chi connectivity index (χ0) is 14.5. The Morgan fingerprint density at radius 2 is 2.30 bits per heavy atom. The summed E-state index contributed by atoms with van der Waals surface area (Å²) in [5.41, 5.74) is 6.06. The number of aliphatic hydroxyl groups excluding tert-OH is 3. The van der Waals surface area contributed by atoms with Gasteiger partial charge in [-0.2, -0.15) is 4.99 Å². The van der Waals surface area contributed by atoms with Crippen LogP contribution in [0.5, 0.6) is 0 Å². The van der Waals surface area contributed by atoms with Crippen molar-refractivity contribution >= 4 is 11.8 Å². The summed E-state index contributed by atoms with van der Waals surface area (Å²) >= 11 is 0. The highest BCUT2D eigenvalue weighted by Gasteiger charge is 2.55. The minimum absolute atomic E-state index is 0.134. The van der Waals surface area contributed by atoms with Gasteiger partial charge in [-0.05, 0) is 0 Å². The second kappa shape index (κ2) is 4.40. The van der Waals surface area contributed by atoms with Crippen molar-refractivity contribution in [3.63, 3.8) is 0 Å². The third-order valence-electron chi connectivity index (χ3n) is 3.42. The highest BCUT2D eigenvalue weighted by molar-refractivity contribution is 5.82. The predicted molar refractivity (Wildman–Crippen MR) is 64.5 cm³/mol. The normalized spacial score (nSPS) is 36.4. The van der Waals surface area contributed by atoms with Gasteiger partial charge < -0.3 is 36.2 Å². The number of aliphatic hydroxyl groups is 4. The number of nitrogens with two attached hydrogens (primary N) is 1. The maximum atomic E-state index is 10.5. The number of guanidine groups is 1. The van der Waals surface area contributed by atoms with Crippen molar-refractivity contribution in [2.45, 2.75) is 30.8 Å². The Kier molecular flexibility index (Phi) is 2.92. The van der Waals surface area contributed by atoms with E-state index in [-0.39, 0.29) is 11.8 Å². The number of hydrogen-bond acceptors (Lipinski definition) is 9. The van der Waals surface area contributed by atoms with Crippen molar-refractivity contribution in [1.29, 1.82) is 0 Å². The van der Waals surface area contributed by atoms with Gasteiger partial charge in [0.1, 0.15) is 24.2 Å². The molecule has 10 nitrogen and oxygen atoms in total. The van der Waals surface area contributed by atoms with E-state index in [0.717, 1.165) is 4.57 Å². The molecule has 0 aromatic carbocycles. The average molecular weight is 285 g/mol.